The SMILES string of the molecule is CCC(C)(OC(=O)OC(C)(C)C)Oc1ccc([S+](c2ccccc2)c2cccc(-c3cccc([S+](c4ccc(OC(C)c5ccccc5)cc4)c4cccc(-c5cccc([S+](c6ccccc6)c6ccc(OC(=O)OC(C)(C)C7CCCCC7)cc6)c5)c4)c3)c2)cc1. The number of carbonyl (C=O) groups is 2. The molecule has 0 bridgehead atoms. The van der Waals surface area contributed by atoms with Crippen LogP contribution >= 0.6 is 0 Å². The summed E-state index contributed by atoms with van der Waals surface area (Å²) in [6, 6.07) is 92.1. The summed E-state index contributed by atoms with van der Waals surface area (Å²) >= 11 is 0. The zero-order valence-electron chi connectivity index (χ0n) is 53.7. The van der Waals surface area contributed by atoms with Crippen LogP contribution in [0.5, 0.6) is 17.2 Å². The second-order valence-corrected chi connectivity index (χ2v) is 30.9. The van der Waals surface area contributed by atoms with Gasteiger partial charge in [-0.15, -0.1) is 0 Å². The average molecular weight is 1280 g/mol. The van der Waals surface area contributed by atoms with E-state index in [0.29, 0.717) is 23.8 Å². The van der Waals surface area contributed by atoms with E-state index in [1.165, 1.54) is 35.8 Å². The molecular weight excluding hydrogens is 1200 g/mol. The lowest BCUT2D eigenvalue weighted by Crippen LogP contribution is -2.39. The molecular formula is C81H81O8S3+3. The van der Waals surface area contributed by atoms with Gasteiger partial charge in [-0.2, -0.15) is 0 Å². The predicted molar refractivity (Wildman–Crippen MR) is 372 cm³/mol. The van der Waals surface area contributed by atoms with E-state index >= 15 is 0 Å². The standard InChI is InChI=1S/C81H81O8S3/c1-9-81(8,89-78(83)87-79(3,4)5)86-67-46-52-71(53-47-67)91(69-36-20-13-21-37-69)74-39-23-29-61(55-74)63-31-25-41-76(57-63)92(72-48-42-65(43-49-72)84-58(2)59-26-14-10-15-27-59)75-40-24-30-62(56-75)60-28-22-38-73(54-60)90(68-34-18-12-19-35-68)70-50-44-66(45-51-70)85-77(82)88-80(6,7)64-32-16-11-17-33-64/h10,12-15,18-31,34-58,64H,9,11,16-17,32-33H2,1-8H3/q+3. The fourth-order valence-corrected chi connectivity index (χ4v) is 17.9. The van der Waals surface area contributed by atoms with E-state index in [9.17, 15) is 9.59 Å². The van der Waals surface area contributed by atoms with Crippen LogP contribution in [0.25, 0.3) is 22.3 Å². The Labute approximate surface area is 552 Å². The van der Waals surface area contributed by atoms with Crippen LogP contribution in [0.1, 0.15) is 106 Å². The lowest BCUT2D eigenvalue weighted by Gasteiger charge is -2.35. The van der Waals surface area contributed by atoms with Crippen molar-refractivity contribution in [1.82, 2.24) is 0 Å². The number of carbonyl (C=O) groups excluding carboxylic acids is 2. The van der Waals surface area contributed by atoms with Gasteiger partial charge in [-0.25, -0.2) is 9.59 Å². The molecule has 10 aromatic rings. The molecule has 0 spiro atoms. The molecule has 11 heteroatoms. The van der Waals surface area contributed by atoms with Crippen molar-refractivity contribution in [3.05, 3.63) is 266 Å². The van der Waals surface area contributed by atoms with Gasteiger partial charge < -0.3 is 28.4 Å². The molecule has 0 aromatic heterocycles. The first kappa shape index (κ1) is 64.9. The Morgan fingerprint density at radius 1 is 0.402 bits per heavy atom. The third-order valence-corrected chi connectivity index (χ3v) is 23.1. The van der Waals surface area contributed by atoms with Crippen LogP contribution < -0.4 is 14.2 Å². The highest BCUT2D eigenvalue weighted by Crippen LogP contribution is 2.42. The molecule has 92 heavy (non-hydrogen) atoms. The Balaban J connectivity index is 0.906. The van der Waals surface area contributed by atoms with Gasteiger partial charge >= 0.3 is 12.3 Å². The molecule has 0 saturated heterocycles. The molecule has 468 valence electrons. The third-order valence-electron chi connectivity index (χ3n) is 16.5. The molecule has 1 aliphatic carbocycles. The topological polar surface area (TPSA) is 89.5 Å². The van der Waals surface area contributed by atoms with Gasteiger partial charge in [0.1, 0.15) is 34.6 Å². The fourth-order valence-electron chi connectivity index (χ4n) is 11.6. The van der Waals surface area contributed by atoms with Crippen LogP contribution in [0.3, 0.4) is 0 Å². The van der Waals surface area contributed by atoms with Gasteiger partial charge in [0.25, 0.3) is 5.79 Å². The van der Waals surface area contributed by atoms with Gasteiger partial charge in [0.05, 0.1) is 32.7 Å². The van der Waals surface area contributed by atoms with Crippen LogP contribution in [0.15, 0.2) is 305 Å². The molecule has 0 N–H and O–H groups in total. The highest BCUT2D eigenvalue weighted by molar-refractivity contribution is 7.97. The average Bonchev–Trinajstić information content (AvgIpc) is 0.852. The second-order valence-electron chi connectivity index (χ2n) is 24.8. The van der Waals surface area contributed by atoms with Crippen molar-refractivity contribution in [2.45, 2.75) is 161 Å². The van der Waals surface area contributed by atoms with Crippen molar-refractivity contribution < 1.29 is 38.0 Å². The van der Waals surface area contributed by atoms with Crippen molar-refractivity contribution in [1.29, 1.82) is 0 Å². The smallest absolute Gasteiger partial charge is 0.486 e. The number of hydrogen-bond donors (Lipinski definition) is 0. The summed E-state index contributed by atoms with van der Waals surface area (Å²) in [4.78, 5) is 36.4. The predicted octanol–water partition coefficient (Wildman–Crippen LogP) is 21.8. The van der Waals surface area contributed by atoms with Crippen molar-refractivity contribution in [2.75, 3.05) is 0 Å². The first-order valence-corrected chi connectivity index (χ1v) is 35.4. The highest BCUT2D eigenvalue weighted by atomic mass is 32.2. The number of hydrogen-bond acceptors (Lipinski definition) is 8. The molecule has 8 nitrogen and oxygen atoms in total. The molecule has 1 fully saturated rings. The van der Waals surface area contributed by atoms with Gasteiger partial charge in [-0.1, -0.05) is 141 Å². The maximum atomic E-state index is 13.2. The molecule has 5 unspecified atom stereocenters. The molecule has 11 rings (SSSR count). The monoisotopic (exact) mass is 1280 g/mol. The quantitative estimate of drug-likeness (QED) is 0.0304. The van der Waals surface area contributed by atoms with E-state index in [1.807, 2.05) is 63.2 Å². The van der Waals surface area contributed by atoms with E-state index in [4.69, 9.17) is 28.4 Å². The van der Waals surface area contributed by atoms with Gasteiger partial charge in [-0.05, 0) is 209 Å². The Morgan fingerprint density at radius 2 is 0.772 bits per heavy atom. The van der Waals surface area contributed by atoms with E-state index < -0.39 is 62.0 Å². The van der Waals surface area contributed by atoms with Crippen molar-refractivity contribution >= 4 is 45.0 Å². The molecule has 0 heterocycles. The Bertz CT molecular complexity index is 4060. The Hall–Kier alpha value is -8.61. The fraction of sp³-hybridized carbons (Fsp3) is 0.235. The number of benzene rings is 10. The van der Waals surface area contributed by atoms with Gasteiger partial charge in [0.2, 0.25) is 0 Å². The van der Waals surface area contributed by atoms with Crippen LogP contribution in [0.4, 0.5) is 9.59 Å². The summed E-state index contributed by atoms with van der Waals surface area (Å²) in [7, 11) is -1.55. The zero-order valence-corrected chi connectivity index (χ0v) is 56.2. The maximum absolute atomic E-state index is 13.2. The van der Waals surface area contributed by atoms with E-state index in [1.54, 1.807) is 27.7 Å². The minimum atomic E-state index is -1.23. The molecule has 1 saturated carbocycles. The molecule has 0 aliphatic heterocycles. The first-order chi connectivity index (χ1) is 44.5. The van der Waals surface area contributed by atoms with Gasteiger partial charge in [-0.3, -0.25) is 0 Å². The van der Waals surface area contributed by atoms with Crippen LogP contribution in [0.2, 0.25) is 0 Å². The largest absolute Gasteiger partial charge is 0.514 e. The Kier molecular flexibility index (Phi) is 20.7. The second kappa shape index (κ2) is 29.3. The summed E-state index contributed by atoms with van der Waals surface area (Å²) in [5.41, 5.74) is 4.25. The summed E-state index contributed by atoms with van der Waals surface area (Å²) in [6.07, 6.45) is 4.53. The van der Waals surface area contributed by atoms with Crippen molar-refractivity contribution in [3.63, 3.8) is 0 Å². The summed E-state index contributed by atoms with van der Waals surface area (Å²) in [5, 5.41) is 0. The molecule has 0 radical (unpaired) electrons. The van der Waals surface area contributed by atoms with Crippen LogP contribution in [-0.4, -0.2) is 29.3 Å². The van der Waals surface area contributed by atoms with Gasteiger partial charge in [0, 0.05) is 37.6 Å². The molecule has 10 aromatic carbocycles. The summed E-state index contributed by atoms with van der Waals surface area (Å²) in [5.74, 6) is 0.933. The van der Waals surface area contributed by atoms with E-state index in [2.05, 4.69) is 225 Å². The summed E-state index contributed by atoms with van der Waals surface area (Å²) in [6.45, 7) is 15.2. The van der Waals surface area contributed by atoms with Crippen molar-refractivity contribution in [2.24, 2.45) is 5.92 Å². The normalized spacial score (nSPS) is 14.7. The number of ether oxygens (including phenoxy) is 6. The molecule has 1 aliphatic rings. The lowest BCUT2D eigenvalue weighted by atomic mass is 9.79. The maximum Gasteiger partial charge on any atom is 0.514 e. The van der Waals surface area contributed by atoms with Crippen molar-refractivity contribution in [3.8, 4) is 39.5 Å². The number of rotatable bonds is 21. The first-order valence-electron chi connectivity index (χ1n) is 31.7. The van der Waals surface area contributed by atoms with E-state index in [0.717, 1.165) is 73.9 Å². The Morgan fingerprint density at radius 3 is 1.18 bits per heavy atom. The highest BCUT2D eigenvalue weighted by Gasteiger charge is 2.38. The van der Waals surface area contributed by atoms with Crippen LogP contribution in [-0.2, 0) is 46.9 Å². The summed E-state index contributed by atoms with van der Waals surface area (Å²) < 4.78 is 35.9. The minimum absolute atomic E-state index is 0.125. The van der Waals surface area contributed by atoms with Gasteiger partial charge in [0.15, 0.2) is 44.1 Å². The van der Waals surface area contributed by atoms with Crippen LogP contribution in [0, 0.1) is 5.92 Å². The third kappa shape index (κ3) is 16.5. The van der Waals surface area contributed by atoms with E-state index in [-0.39, 0.29) is 6.10 Å². The molecule has 0 amide bonds. The minimum Gasteiger partial charge on any atom is -0.486 e. The lowest BCUT2D eigenvalue weighted by molar-refractivity contribution is -0.156. The zero-order chi connectivity index (χ0) is 64.2. The molecule has 5 atom stereocenters.